The standard InChI is InChI=1S/C29H41N3O4/c1-29(2,3)23-16-22(17-25(27(23)34)36-14-9-8-13-30)24(33)19-32-18-21(12-15-35-4)26(28(32)31)20-10-6-5-7-11-20/h5-7,10-11,16-17,21,26,31,34H,8-9,12-15,18-19,30H2,1-4H3. The Kier molecular flexibility index (Phi) is 9.51. The van der Waals surface area contributed by atoms with E-state index in [1.807, 2.05) is 56.0 Å². The van der Waals surface area contributed by atoms with Crippen LogP contribution in [-0.2, 0) is 10.2 Å². The number of aromatic hydroxyl groups is 1. The highest BCUT2D eigenvalue weighted by molar-refractivity contribution is 6.01. The van der Waals surface area contributed by atoms with Crippen LogP contribution in [0.4, 0.5) is 0 Å². The Labute approximate surface area is 215 Å². The number of nitrogens with one attached hydrogen (secondary N) is 1. The number of nitrogens with zero attached hydrogens (tertiary/aromatic N) is 1. The summed E-state index contributed by atoms with van der Waals surface area (Å²) in [7, 11) is 1.69. The molecule has 2 aromatic rings. The second-order valence-corrected chi connectivity index (χ2v) is 10.6. The van der Waals surface area contributed by atoms with Crippen molar-refractivity contribution in [2.75, 3.05) is 40.0 Å². The summed E-state index contributed by atoms with van der Waals surface area (Å²) in [4.78, 5) is 15.4. The number of likely N-dealkylation sites (tertiary alicyclic amines) is 1. The molecule has 1 heterocycles. The molecule has 36 heavy (non-hydrogen) atoms. The van der Waals surface area contributed by atoms with Gasteiger partial charge in [0.25, 0.3) is 0 Å². The molecule has 0 radical (unpaired) electrons. The van der Waals surface area contributed by atoms with E-state index >= 15 is 0 Å². The van der Waals surface area contributed by atoms with E-state index in [2.05, 4.69) is 0 Å². The molecule has 0 aromatic heterocycles. The normalized spacial score (nSPS) is 18.0. The van der Waals surface area contributed by atoms with Gasteiger partial charge in [-0.1, -0.05) is 51.1 Å². The summed E-state index contributed by atoms with van der Waals surface area (Å²) in [5, 5.41) is 19.8. The van der Waals surface area contributed by atoms with Crippen LogP contribution in [0.15, 0.2) is 42.5 Å². The number of nitrogens with two attached hydrogens (primary N) is 1. The van der Waals surface area contributed by atoms with E-state index in [1.54, 1.807) is 19.2 Å². The first-order valence-electron chi connectivity index (χ1n) is 12.8. The van der Waals surface area contributed by atoms with E-state index in [0.717, 1.165) is 24.8 Å². The van der Waals surface area contributed by atoms with Gasteiger partial charge in [-0.05, 0) is 54.8 Å². The number of hydrogen-bond donors (Lipinski definition) is 3. The maximum absolute atomic E-state index is 13.5. The van der Waals surface area contributed by atoms with E-state index in [-0.39, 0.29) is 35.3 Å². The molecule has 1 fully saturated rings. The Balaban J connectivity index is 1.84. The zero-order valence-electron chi connectivity index (χ0n) is 22.0. The van der Waals surface area contributed by atoms with Gasteiger partial charge in [0.2, 0.25) is 0 Å². The first-order valence-corrected chi connectivity index (χ1v) is 12.8. The number of Topliss-reactive ketones (excluding diaryl/α,β-unsaturated/α-hetero) is 1. The number of carbonyl (C=O) groups is 1. The first kappa shape index (κ1) is 27.7. The van der Waals surface area contributed by atoms with Crippen LogP contribution in [0.2, 0.25) is 0 Å². The smallest absolute Gasteiger partial charge is 0.182 e. The third kappa shape index (κ3) is 6.65. The predicted octanol–water partition coefficient (Wildman–Crippen LogP) is 4.72. The molecule has 7 nitrogen and oxygen atoms in total. The summed E-state index contributed by atoms with van der Waals surface area (Å²) >= 11 is 0. The zero-order chi connectivity index (χ0) is 26.3. The number of phenolic OH excluding ortho intramolecular Hbond substituents is 1. The molecule has 3 rings (SSSR count). The number of ether oxygens (including phenoxy) is 2. The fourth-order valence-corrected chi connectivity index (χ4v) is 4.82. The van der Waals surface area contributed by atoms with Crippen molar-refractivity contribution in [3.05, 3.63) is 59.2 Å². The molecule has 0 aliphatic carbocycles. The molecule has 0 bridgehead atoms. The van der Waals surface area contributed by atoms with Gasteiger partial charge in [0.1, 0.15) is 5.84 Å². The molecule has 2 atom stereocenters. The third-order valence-corrected chi connectivity index (χ3v) is 6.81. The molecule has 0 amide bonds. The Morgan fingerprint density at radius 3 is 2.53 bits per heavy atom. The van der Waals surface area contributed by atoms with Gasteiger partial charge in [0.05, 0.1) is 13.2 Å². The van der Waals surface area contributed by atoms with Crippen molar-refractivity contribution in [1.82, 2.24) is 4.90 Å². The Morgan fingerprint density at radius 2 is 1.89 bits per heavy atom. The van der Waals surface area contributed by atoms with Crippen LogP contribution >= 0.6 is 0 Å². The molecule has 0 saturated carbocycles. The van der Waals surface area contributed by atoms with E-state index < -0.39 is 0 Å². The Morgan fingerprint density at radius 1 is 1.17 bits per heavy atom. The molecule has 7 heteroatoms. The lowest BCUT2D eigenvalue weighted by Crippen LogP contribution is -2.32. The first-order chi connectivity index (χ1) is 17.2. The van der Waals surface area contributed by atoms with E-state index in [9.17, 15) is 9.90 Å². The number of hydrogen-bond acceptors (Lipinski definition) is 6. The molecule has 4 N–H and O–H groups in total. The lowest BCUT2D eigenvalue weighted by atomic mass is 9.84. The van der Waals surface area contributed by atoms with E-state index in [0.29, 0.717) is 49.0 Å². The lowest BCUT2D eigenvalue weighted by Gasteiger charge is -2.24. The molecule has 2 unspecified atom stereocenters. The Hall–Kier alpha value is -2.90. The predicted molar refractivity (Wildman–Crippen MR) is 143 cm³/mol. The number of methoxy groups -OCH3 is 1. The van der Waals surface area contributed by atoms with Crippen LogP contribution < -0.4 is 10.5 Å². The van der Waals surface area contributed by atoms with Crippen LogP contribution in [-0.4, -0.2) is 61.6 Å². The highest BCUT2D eigenvalue weighted by Crippen LogP contribution is 2.40. The average molecular weight is 496 g/mol. The van der Waals surface area contributed by atoms with Gasteiger partial charge >= 0.3 is 0 Å². The third-order valence-electron chi connectivity index (χ3n) is 6.81. The molecule has 1 aliphatic heterocycles. The number of benzene rings is 2. The largest absolute Gasteiger partial charge is 0.504 e. The van der Waals surface area contributed by atoms with Crippen LogP contribution in [0, 0.1) is 11.3 Å². The fraction of sp³-hybridized carbons (Fsp3) is 0.517. The highest BCUT2D eigenvalue weighted by Gasteiger charge is 2.39. The van der Waals surface area contributed by atoms with Crippen molar-refractivity contribution in [3.63, 3.8) is 0 Å². The van der Waals surface area contributed by atoms with Gasteiger partial charge in [0, 0.05) is 37.3 Å². The molecule has 2 aromatic carbocycles. The summed E-state index contributed by atoms with van der Waals surface area (Å²) in [5.41, 5.74) is 7.44. The quantitative estimate of drug-likeness (QED) is 0.290. The van der Waals surface area contributed by atoms with Crippen molar-refractivity contribution < 1.29 is 19.4 Å². The van der Waals surface area contributed by atoms with Crippen LogP contribution in [0.5, 0.6) is 11.5 Å². The SMILES string of the molecule is COCCC1CN(CC(=O)c2cc(OCCCCN)c(O)c(C(C)(C)C)c2)C(=N)C1c1ccccc1. The fourth-order valence-electron chi connectivity index (χ4n) is 4.82. The van der Waals surface area contributed by atoms with Crippen LogP contribution in [0.25, 0.3) is 0 Å². The summed E-state index contributed by atoms with van der Waals surface area (Å²) in [5.74, 6) is 0.878. The second-order valence-electron chi connectivity index (χ2n) is 10.6. The van der Waals surface area contributed by atoms with Crippen molar-refractivity contribution in [3.8, 4) is 11.5 Å². The van der Waals surface area contributed by atoms with Crippen molar-refractivity contribution in [2.24, 2.45) is 11.7 Å². The minimum absolute atomic E-state index is 0.0689. The molecule has 1 saturated heterocycles. The maximum atomic E-state index is 13.5. The number of phenols is 1. The molecular formula is C29H41N3O4. The molecular weight excluding hydrogens is 454 g/mol. The topological polar surface area (TPSA) is 109 Å². The van der Waals surface area contributed by atoms with Gasteiger partial charge < -0.3 is 25.2 Å². The highest BCUT2D eigenvalue weighted by atomic mass is 16.5. The molecule has 1 aliphatic rings. The molecule has 196 valence electrons. The van der Waals surface area contributed by atoms with Gasteiger partial charge in [-0.25, -0.2) is 0 Å². The van der Waals surface area contributed by atoms with Crippen molar-refractivity contribution in [1.29, 1.82) is 5.41 Å². The lowest BCUT2D eigenvalue weighted by molar-refractivity contribution is 0.0961. The minimum Gasteiger partial charge on any atom is -0.504 e. The zero-order valence-corrected chi connectivity index (χ0v) is 22.0. The Bertz CT molecular complexity index is 1030. The average Bonchev–Trinajstić information content (AvgIpc) is 3.15. The van der Waals surface area contributed by atoms with E-state index in [1.165, 1.54) is 0 Å². The molecule has 0 spiro atoms. The summed E-state index contributed by atoms with van der Waals surface area (Å²) in [6, 6.07) is 13.4. The van der Waals surface area contributed by atoms with Gasteiger partial charge in [0.15, 0.2) is 17.3 Å². The van der Waals surface area contributed by atoms with Crippen molar-refractivity contribution in [2.45, 2.75) is 51.4 Å². The number of ketones is 1. The van der Waals surface area contributed by atoms with Crippen molar-refractivity contribution >= 4 is 11.6 Å². The van der Waals surface area contributed by atoms with Crippen LogP contribution in [0.1, 0.15) is 67.4 Å². The van der Waals surface area contributed by atoms with Gasteiger partial charge in [-0.2, -0.15) is 0 Å². The number of amidine groups is 1. The summed E-state index contributed by atoms with van der Waals surface area (Å²) in [6.45, 7) is 8.33. The van der Waals surface area contributed by atoms with Gasteiger partial charge in [-0.3, -0.25) is 10.2 Å². The van der Waals surface area contributed by atoms with Crippen LogP contribution in [0.3, 0.4) is 0 Å². The van der Waals surface area contributed by atoms with E-state index in [4.69, 9.17) is 20.6 Å². The minimum atomic E-state index is -0.375. The number of rotatable bonds is 12. The maximum Gasteiger partial charge on any atom is 0.182 e. The summed E-state index contributed by atoms with van der Waals surface area (Å²) in [6.07, 6.45) is 2.42. The number of unbranched alkanes of at least 4 members (excludes halogenated alkanes) is 1. The summed E-state index contributed by atoms with van der Waals surface area (Å²) < 4.78 is 11.2. The monoisotopic (exact) mass is 495 g/mol. The second kappa shape index (κ2) is 12.4. The van der Waals surface area contributed by atoms with Gasteiger partial charge in [-0.15, -0.1) is 0 Å². The number of carbonyl (C=O) groups excluding carboxylic acids is 1.